The third-order valence-corrected chi connectivity index (χ3v) is 21.6. The van der Waals surface area contributed by atoms with Gasteiger partial charge in [-0.1, -0.05) is 72.8 Å². The molecule has 0 spiro atoms. The SMILES string of the molecule is C#CCCCC(=O)Oc1ccc(-c2ccc(OC(=O)CCCC#C)cc2-c2cc(OC(=O)CCCC#C)ccc2-c2ccc(OC(=O)CCCC#C)cc2-c2cc(OC(=O)CCCC#C)ccc2-c2ccc(OC(=O)CCCC#C)cc2-c2cc(OC(=O)CCCC#C)ccc2-c2ccc(OC(=O)CCCC#C)cc2-c2cc(OC(=O)CCCC#C)ccc2-c2ccc(OC(=O)CCCC#C)cc2)cc1. The van der Waals surface area contributed by atoms with Gasteiger partial charge in [0.05, 0.1) is 0 Å². The number of hydrogen-bond acceptors (Lipinski definition) is 20. The molecule has 0 aliphatic carbocycles. The van der Waals surface area contributed by atoms with Crippen LogP contribution in [0.3, 0.4) is 0 Å². The van der Waals surface area contributed by atoms with Gasteiger partial charge in [-0.15, -0.1) is 123 Å². The number of rotatable bonds is 49. The molecular formula is C120H102O20. The van der Waals surface area contributed by atoms with Crippen molar-refractivity contribution in [2.75, 3.05) is 0 Å². The van der Waals surface area contributed by atoms with Crippen LogP contribution < -0.4 is 47.4 Å². The van der Waals surface area contributed by atoms with Crippen LogP contribution >= 0.6 is 0 Å². The molecule has 20 heteroatoms. The molecule has 0 bridgehead atoms. The van der Waals surface area contributed by atoms with Gasteiger partial charge in [-0.25, -0.2) is 0 Å². The third-order valence-electron chi connectivity index (χ3n) is 21.6. The molecule has 0 unspecified atom stereocenters. The predicted molar refractivity (Wildman–Crippen MR) is 539 cm³/mol. The highest BCUT2D eigenvalue weighted by molar-refractivity contribution is 6.05. The lowest BCUT2D eigenvalue weighted by Crippen LogP contribution is -2.09. The summed E-state index contributed by atoms with van der Waals surface area (Å²) in [6, 6.07) is 52.8. The summed E-state index contributed by atoms with van der Waals surface area (Å²) < 4.78 is 61.5. The topological polar surface area (TPSA) is 263 Å². The van der Waals surface area contributed by atoms with Crippen LogP contribution in [0.2, 0.25) is 0 Å². The van der Waals surface area contributed by atoms with E-state index in [9.17, 15) is 47.9 Å². The molecule has 0 aliphatic rings. The largest absolute Gasteiger partial charge is 0.427 e. The Morgan fingerprint density at radius 3 is 0.400 bits per heavy atom. The molecule has 10 rings (SSSR count). The summed E-state index contributed by atoms with van der Waals surface area (Å²) in [6.07, 6.45) is 61.6. The van der Waals surface area contributed by atoms with Gasteiger partial charge in [0.15, 0.2) is 0 Å². The van der Waals surface area contributed by atoms with Crippen LogP contribution in [0.15, 0.2) is 194 Å². The number of benzene rings is 10. The fraction of sp³-hybridized carbons (Fsp3) is 0.250. The van der Waals surface area contributed by atoms with Crippen molar-refractivity contribution in [3.05, 3.63) is 194 Å². The van der Waals surface area contributed by atoms with Crippen molar-refractivity contribution in [1.82, 2.24) is 0 Å². The predicted octanol–water partition coefficient (Wildman–Crippen LogP) is 23.8. The quantitative estimate of drug-likeness (QED) is 0.0148. The number of ether oxygens (including phenoxy) is 10. The van der Waals surface area contributed by atoms with Gasteiger partial charge in [0.1, 0.15) is 57.5 Å². The minimum Gasteiger partial charge on any atom is -0.427 e. The fourth-order valence-electron chi connectivity index (χ4n) is 15.0. The van der Waals surface area contributed by atoms with E-state index in [0.29, 0.717) is 129 Å². The molecule has 0 heterocycles. The highest BCUT2D eigenvalue weighted by atomic mass is 16.6. The van der Waals surface area contributed by atoms with Crippen LogP contribution in [0.1, 0.15) is 193 Å². The first-order valence-electron chi connectivity index (χ1n) is 45.9. The van der Waals surface area contributed by atoms with E-state index >= 15 is 0 Å². The summed E-state index contributed by atoms with van der Waals surface area (Å²) in [7, 11) is 0. The average molecular weight is 1860 g/mol. The van der Waals surface area contributed by atoms with Gasteiger partial charge in [0.25, 0.3) is 0 Å². The molecule has 0 atom stereocenters. The molecule has 702 valence electrons. The summed E-state index contributed by atoms with van der Waals surface area (Å²) in [4.78, 5) is 140. The average Bonchev–Trinajstić information content (AvgIpc) is 0.747. The first-order valence-corrected chi connectivity index (χ1v) is 45.9. The maximum atomic E-state index is 14.4. The van der Waals surface area contributed by atoms with Crippen molar-refractivity contribution in [3.63, 3.8) is 0 Å². The van der Waals surface area contributed by atoms with Gasteiger partial charge in [-0.2, -0.15) is 0 Å². The lowest BCUT2D eigenvalue weighted by atomic mass is 9.82. The molecule has 0 N–H and O–H groups in total. The zero-order chi connectivity index (χ0) is 99.9. The zero-order valence-corrected chi connectivity index (χ0v) is 77.6. The number of hydrogen-bond donors (Lipinski definition) is 0. The highest BCUT2D eigenvalue weighted by Gasteiger charge is 2.29. The van der Waals surface area contributed by atoms with Crippen LogP contribution in [-0.2, 0) is 47.9 Å². The van der Waals surface area contributed by atoms with E-state index in [1.165, 1.54) is 0 Å². The molecule has 20 nitrogen and oxygen atoms in total. The van der Waals surface area contributed by atoms with Gasteiger partial charge >= 0.3 is 59.7 Å². The van der Waals surface area contributed by atoms with Gasteiger partial charge < -0.3 is 47.4 Å². The van der Waals surface area contributed by atoms with Gasteiger partial charge in [0.2, 0.25) is 0 Å². The van der Waals surface area contributed by atoms with Gasteiger partial charge in [-0.05, 0) is 286 Å². The Balaban J connectivity index is 1.36. The molecule has 0 fully saturated rings. The number of carbonyl (C=O) groups is 10. The Bertz CT molecular complexity index is 6280. The second kappa shape index (κ2) is 55.4. The van der Waals surface area contributed by atoms with Crippen molar-refractivity contribution in [2.24, 2.45) is 0 Å². The summed E-state index contributed by atoms with van der Waals surface area (Å²) in [6.45, 7) is 0. The maximum Gasteiger partial charge on any atom is 0.311 e. The molecule has 0 saturated heterocycles. The minimum absolute atomic E-state index is 0.00140. The summed E-state index contributed by atoms with van der Waals surface area (Å²) in [5, 5.41) is 0. The van der Waals surface area contributed by atoms with Crippen LogP contribution in [-0.4, -0.2) is 59.7 Å². The smallest absolute Gasteiger partial charge is 0.311 e. The Morgan fingerprint density at radius 2 is 0.264 bits per heavy atom. The second-order valence-electron chi connectivity index (χ2n) is 32.0. The van der Waals surface area contributed by atoms with Crippen LogP contribution in [0.4, 0.5) is 0 Å². The lowest BCUT2D eigenvalue weighted by Gasteiger charge is -2.23. The van der Waals surface area contributed by atoms with E-state index in [4.69, 9.17) is 112 Å². The second-order valence-corrected chi connectivity index (χ2v) is 32.0. The lowest BCUT2D eigenvalue weighted by molar-refractivity contribution is -0.135. The fourth-order valence-corrected chi connectivity index (χ4v) is 15.0. The van der Waals surface area contributed by atoms with Crippen LogP contribution in [0.25, 0.3) is 100 Å². The van der Waals surface area contributed by atoms with Gasteiger partial charge in [0, 0.05) is 128 Å². The monoisotopic (exact) mass is 1860 g/mol. The molecule has 0 aromatic heterocycles. The van der Waals surface area contributed by atoms with E-state index in [0.717, 1.165) is 0 Å². The molecular weight excluding hydrogens is 1760 g/mol. The van der Waals surface area contributed by atoms with Crippen molar-refractivity contribution >= 4 is 59.7 Å². The Kier molecular flexibility index (Phi) is 41.4. The Morgan fingerprint density at radius 1 is 0.150 bits per heavy atom. The first kappa shape index (κ1) is 105. The molecule has 10 aromatic carbocycles. The molecule has 0 amide bonds. The van der Waals surface area contributed by atoms with Crippen molar-refractivity contribution in [1.29, 1.82) is 0 Å². The van der Waals surface area contributed by atoms with E-state index < -0.39 is 59.7 Å². The number of esters is 10. The van der Waals surface area contributed by atoms with E-state index in [1.54, 1.807) is 194 Å². The summed E-state index contributed by atoms with van der Waals surface area (Å²) in [5.41, 5.74) is 6.47. The van der Waals surface area contributed by atoms with Gasteiger partial charge in [-0.3, -0.25) is 47.9 Å². The Labute approximate surface area is 818 Å². The number of terminal acetylenes is 10. The normalized spacial score (nSPS) is 10.4. The third kappa shape index (κ3) is 31.8. The minimum atomic E-state index is -0.668. The van der Waals surface area contributed by atoms with Crippen LogP contribution in [0.5, 0.6) is 57.5 Å². The van der Waals surface area contributed by atoms with E-state index in [1.807, 2.05) is 0 Å². The van der Waals surface area contributed by atoms with Crippen molar-refractivity contribution in [2.45, 2.75) is 193 Å². The number of unbranched alkanes of at least 4 members (excludes halogenated alkanes) is 10. The van der Waals surface area contributed by atoms with E-state index in [-0.39, 0.29) is 221 Å². The summed E-state index contributed by atoms with van der Waals surface area (Å²) >= 11 is 0. The molecule has 0 saturated carbocycles. The van der Waals surface area contributed by atoms with Crippen molar-refractivity contribution < 1.29 is 95.3 Å². The summed E-state index contributed by atoms with van der Waals surface area (Å²) in [5.74, 6) is 20.2. The highest BCUT2D eigenvalue weighted by Crippen LogP contribution is 2.53. The first-order chi connectivity index (χ1) is 68.1. The van der Waals surface area contributed by atoms with Crippen LogP contribution in [0, 0.1) is 123 Å². The maximum absolute atomic E-state index is 14.4. The molecule has 140 heavy (non-hydrogen) atoms. The van der Waals surface area contributed by atoms with E-state index in [2.05, 4.69) is 59.2 Å². The molecule has 10 aromatic rings. The molecule has 0 radical (unpaired) electrons. The van der Waals surface area contributed by atoms with Crippen molar-refractivity contribution in [3.8, 4) is 281 Å². The zero-order valence-electron chi connectivity index (χ0n) is 77.6. The molecule has 0 aliphatic heterocycles. The number of carbonyl (C=O) groups excluding carboxylic acids is 10. The Hall–Kier alpha value is -17.5. The standard InChI is InChI=1S/C120H102O20/c1-11-21-31-41-111(121)131-85-55-51-83(52-56-85)95-67-59-87(133-113(123)43-33-23-13-3)75-103(95)105-77-89(135-115(125)45-35-25-15-5)61-69-97(105)99-71-63-91(137-117(127)47-37-27-17-7)79-107(99)109-81-93(139-119(129)49-39-29-19-9)65-73-101(109)102-74-66-94(140-120(130)50-40-30-20-10)82-110(102)108-80-92(138-118(128)48-38-28-18-8)64-72-100(108)98-70-62-90(136-116(126)46-36-26-16-6)78-106(98)104-76-88(134-114(124)44-34-24-14-4)60-68-96(104)84-53-57-86(58-54-84)132-112(122)42-32-22-12-2/h1-10,51-82H,21-50H2.